The summed E-state index contributed by atoms with van der Waals surface area (Å²) >= 11 is 1.62. The predicted octanol–water partition coefficient (Wildman–Crippen LogP) is 3.20. The SMILES string of the molecule is C1COCCN1.O=C=O.O=CN1CCOCC1.[CH-]=O.[Cl][RuH+2].[HH].c1ccc([PH+](CCNCC[PH+](c2ccccc2)c2ccccc2)c2ccccc2)cc1. The standard InChI is InChI=1S/C28H29NP2.C5H9NO2.C4H9NO.CO2.CHO.ClH.Ru.H2.H/c1-5-13-25(14-6-1)30(26-15-7-2-8-16-26)23-21-29-22-24-31(27-17-9-3-10-18-27)28-19-11-4-12-20-28;7-5-6-1-3-8-4-2-6;1-3-6-4-2-5-1;2-1-3;1-2;;;;/h1-20,29H,21-24H2;5H,1-4H2;5H,1-4H2;;1H;1H;;1H;/q;;;;-1;;+3;;/p+1. The molecular formula is C39H53ClN3O6P2Ru+3. The van der Waals surface area contributed by atoms with Crippen molar-refractivity contribution in [1.82, 2.24) is 15.5 Å². The maximum atomic E-state index is 10.0. The molecule has 0 aromatic heterocycles. The molecule has 0 atom stereocenters. The zero-order chi connectivity index (χ0) is 37.9. The van der Waals surface area contributed by atoms with Crippen LogP contribution >= 0.6 is 25.5 Å². The molecule has 13 heteroatoms. The van der Waals surface area contributed by atoms with Gasteiger partial charge in [0.2, 0.25) is 6.41 Å². The van der Waals surface area contributed by atoms with Crippen LogP contribution in [0.15, 0.2) is 121 Å². The fourth-order valence-corrected chi connectivity index (χ4v) is 10.3. The maximum absolute atomic E-state index is 10.0. The predicted molar refractivity (Wildman–Crippen MR) is 217 cm³/mol. The van der Waals surface area contributed by atoms with Gasteiger partial charge in [0.05, 0.1) is 75.8 Å². The van der Waals surface area contributed by atoms with Crippen molar-refractivity contribution in [1.29, 1.82) is 0 Å². The van der Waals surface area contributed by atoms with Crippen LogP contribution in [0.4, 0.5) is 0 Å². The van der Waals surface area contributed by atoms with Gasteiger partial charge in [-0.05, 0) is 48.5 Å². The second-order valence-corrected chi connectivity index (χ2v) is 16.1. The molecule has 0 aliphatic carbocycles. The largest absolute Gasteiger partial charge is 0.310 e. The molecule has 0 spiro atoms. The number of rotatable bonds is 11. The van der Waals surface area contributed by atoms with E-state index in [1.165, 1.54) is 33.5 Å². The van der Waals surface area contributed by atoms with Gasteiger partial charge in [0, 0.05) is 40.7 Å². The third-order valence-electron chi connectivity index (χ3n) is 7.63. The number of halogens is 1. The van der Waals surface area contributed by atoms with Crippen LogP contribution in [-0.4, -0.2) is 102 Å². The number of carbonyl (C=O) groups excluding carboxylic acids is 4. The van der Waals surface area contributed by atoms with E-state index in [-0.39, 0.29) is 7.58 Å². The summed E-state index contributed by atoms with van der Waals surface area (Å²) < 4.78 is 10.0. The topological polar surface area (TPSA) is 114 Å². The van der Waals surface area contributed by atoms with Gasteiger partial charge in [-0.25, -0.2) is 0 Å². The number of benzene rings is 4. The number of morpholine rings is 2. The van der Waals surface area contributed by atoms with Crippen molar-refractivity contribution < 1.29 is 47.4 Å². The molecule has 0 bridgehead atoms. The van der Waals surface area contributed by atoms with Gasteiger partial charge in [-0.15, -0.1) is 0 Å². The number of nitrogens with one attached hydrogen (secondary N) is 2. The average molecular weight is 858 g/mol. The Labute approximate surface area is 326 Å². The second kappa shape index (κ2) is 33.8. The zero-order valence-electron chi connectivity index (χ0n) is 29.3. The van der Waals surface area contributed by atoms with Crippen LogP contribution in [0.2, 0.25) is 0 Å². The second-order valence-electron chi connectivity index (χ2n) is 10.9. The van der Waals surface area contributed by atoms with Gasteiger partial charge in [0.15, 0.2) is 0 Å². The number of nitrogens with zero attached hydrogens (tertiary/aromatic N) is 1. The van der Waals surface area contributed by atoms with Crippen LogP contribution in [0.1, 0.15) is 1.43 Å². The molecule has 9 nitrogen and oxygen atoms in total. The summed E-state index contributed by atoms with van der Waals surface area (Å²) in [6.45, 7) is 12.1. The quantitative estimate of drug-likeness (QED) is 0.0779. The van der Waals surface area contributed by atoms with Crippen molar-refractivity contribution in [2.45, 2.75) is 0 Å². The van der Waals surface area contributed by atoms with Crippen molar-refractivity contribution in [3.8, 4) is 0 Å². The molecule has 0 saturated carbocycles. The molecule has 2 N–H and O–H groups in total. The van der Waals surface area contributed by atoms with Crippen molar-refractivity contribution in [2.24, 2.45) is 0 Å². The smallest absolute Gasteiger partial charge is 0.0967 e. The van der Waals surface area contributed by atoms with Gasteiger partial charge in [-0.2, -0.15) is 9.59 Å². The van der Waals surface area contributed by atoms with Gasteiger partial charge >= 0.3 is 33.2 Å². The monoisotopic (exact) mass is 858 g/mol. The minimum absolute atomic E-state index is 0. The third-order valence-corrected chi connectivity index (χ3v) is 13.3. The first kappa shape index (κ1) is 47.0. The van der Waals surface area contributed by atoms with E-state index < -0.39 is 15.8 Å². The Morgan fingerprint density at radius 1 is 0.673 bits per heavy atom. The molecule has 2 aliphatic heterocycles. The first-order valence-corrected chi connectivity index (χ1v) is 22.6. The van der Waals surface area contributed by atoms with E-state index in [1.807, 2.05) is 0 Å². The summed E-state index contributed by atoms with van der Waals surface area (Å²) in [5.74, 6) is 0. The van der Waals surface area contributed by atoms with E-state index in [4.69, 9.17) is 23.9 Å². The van der Waals surface area contributed by atoms with Crippen LogP contribution in [-0.2, 0) is 46.0 Å². The van der Waals surface area contributed by atoms with Crippen LogP contribution in [0, 0.1) is 0 Å². The molecule has 6 rings (SSSR count). The van der Waals surface area contributed by atoms with E-state index in [9.17, 15) is 4.79 Å². The molecule has 2 aliphatic rings. The Kier molecular flexibility index (Phi) is 30.6. The van der Waals surface area contributed by atoms with Crippen molar-refractivity contribution in [3.05, 3.63) is 121 Å². The number of hydrogen-bond acceptors (Lipinski definition) is 8. The molecule has 4 aromatic carbocycles. The minimum Gasteiger partial charge on any atom is -0.310 e. The normalized spacial score (nSPS) is 13.0. The summed E-state index contributed by atoms with van der Waals surface area (Å²) in [5, 5.41) is 12.9. The summed E-state index contributed by atoms with van der Waals surface area (Å²) in [6, 6.07) is 44.2. The Bertz CT molecular complexity index is 1260. The number of ether oxygens (including phenoxy) is 2. The number of amides is 1. The van der Waals surface area contributed by atoms with E-state index in [1.54, 1.807) is 22.2 Å². The molecular weight excluding hydrogens is 805 g/mol. The molecule has 2 heterocycles. The summed E-state index contributed by atoms with van der Waals surface area (Å²) in [7, 11) is 3.09. The maximum Gasteiger partial charge on any atom is 0.0967 e. The molecule has 2 fully saturated rings. The van der Waals surface area contributed by atoms with E-state index >= 15 is 0 Å². The van der Waals surface area contributed by atoms with Crippen LogP contribution in [0.25, 0.3) is 0 Å². The molecule has 4 aromatic rings. The Hall–Kier alpha value is -2.99. The summed E-state index contributed by atoms with van der Waals surface area (Å²) in [5.41, 5.74) is 0. The van der Waals surface area contributed by atoms with Crippen molar-refractivity contribution in [2.75, 3.05) is 78.0 Å². The van der Waals surface area contributed by atoms with Gasteiger partial charge in [-0.3, -0.25) is 11.6 Å². The van der Waals surface area contributed by atoms with E-state index in [2.05, 4.69) is 148 Å². The summed E-state index contributed by atoms with van der Waals surface area (Å²) in [4.78, 5) is 35.7. The van der Waals surface area contributed by atoms with Gasteiger partial charge < -0.3 is 29.8 Å². The van der Waals surface area contributed by atoms with Crippen LogP contribution in [0.5, 0.6) is 0 Å². The van der Waals surface area contributed by atoms with Gasteiger partial charge in [0.1, 0.15) is 0 Å². The number of carbonyl (C=O) groups is 1. The molecule has 2 saturated heterocycles. The Morgan fingerprint density at radius 3 is 1.21 bits per heavy atom. The average Bonchev–Trinajstić information content (AvgIpc) is 3.25. The first-order valence-electron chi connectivity index (χ1n) is 16.8. The van der Waals surface area contributed by atoms with Gasteiger partial charge in [-0.1, -0.05) is 72.8 Å². The third kappa shape index (κ3) is 20.9. The van der Waals surface area contributed by atoms with Crippen LogP contribution in [0.3, 0.4) is 0 Å². The minimum atomic E-state index is -0.758. The fourth-order valence-electron chi connectivity index (χ4n) is 5.22. The summed E-state index contributed by atoms with van der Waals surface area (Å²) in [6.07, 6.45) is 3.53. The molecule has 1 amide bonds. The van der Waals surface area contributed by atoms with Crippen molar-refractivity contribution >= 4 is 66.1 Å². The number of hydrogen-bond donors (Lipinski definition) is 2. The fraction of sp³-hybridized carbons (Fsp3) is 0.308. The van der Waals surface area contributed by atoms with Crippen LogP contribution < -0.4 is 31.9 Å². The Morgan fingerprint density at radius 2 is 0.981 bits per heavy atom. The van der Waals surface area contributed by atoms with E-state index in [0.717, 1.165) is 58.9 Å². The Balaban J connectivity index is 0.00000100. The molecule has 0 unspecified atom stereocenters. The first-order chi connectivity index (χ1) is 25.8. The van der Waals surface area contributed by atoms with Crippen molar-refractivity contribution in [3.63, 3.8) is 0 Å². The zero-order valence-corrected chi connectivity index (χ0v) is 34.0. The van der Waals surface area contributed by atoms with Gasteiger partial charge in [0.25, 0.3) is 0 Å². The van der Waals surface area contributed by atoms with E-state index in [0.29, 0.717) is 13.2 Å². The molecule has 52 heavy (non-hydrogen) atoms. The molecule has 282 valence electrons. The molecule has 0 radical (unpaired) electrons.